The minimum atomic E-state index is -0.951. The van der Waals surface area contributed by atoms with E-state index in [4.69, 9.17) is 9.84 Å². The number of para-hydroxylation sites is 1. The van der Waals surface area contributed by atoms with Crippen molar-refractivity contribution in [3.05, 3.63) is 29.8 Å². The second-order valence-corrected chi connectivity index (χ2v) is 6.11. The van der Waals surface area contributed by atoms with E-state index in [1.165, 1.54) is 19.3 Å². The monoisotopic (exact) mass is 291 g/mol. The van der Waals surface area contributed by atoms with Crippen LogP contribution in [0.5, 0.6) is 5.75 Å². The maximum absolute atomic E-state index is 11.1. The van der Waals surface area contributed by atoms with Gasteiger partial charge >= 0.3 is 5.97 Å². The van der Waals surface area contributed by atoms with E-state index in [9.17, 15) is 4.79 Å². The van der Waals surface area contributed by atoms with E-state index in [-0.39, 0.29) is 5.56 Å². The minimum absolute atomic E-state index is 0.220. The average Bonchev–Trinajstić information content (AvgIpc) is 2.45. The zero-order valence-electron chi connectivity index (χ0n) is 12.8. The molecule has 2 N–H and O–H groups in total. The molecule has 1 aliphatic carbocycles. The van der Waals surface area contributed by atoms with Crippen LogP contribution in [-0.2, 0) is 0 Å². The fourth-order valence-electron chi connectivity index (χ4n) is 3.14. The molecule has 2 rings (SSSR count). The van der Waals surface area contributed by atoms with Crippen molar-refractivity contribution in [1.29, 1.82) is 0 Å². The molecule has 0 spiro atoms. The molecule has 0 aromatic heterocycles. The zero-order valence-corrected chi connectivity index (χ0v) is 12.8. The highest BCUT2D eigenvalue weighted by atomic mass is 16.5. The number of benzene rings is 1. The fraction of sp³-hybridized carbons (Fsp3) is 0.588. The Morgan fingerprint density at radius 2 is 2.10 bits per heavy atom. The summed E-state index contributed by atoms with van der Waals surface area (Å²) in [5.41, 5.74) is 0.220. The van der Waals surface area contributed by atoms with Gasteiger partial charge in [0.25, 0.3) is 0 Å². The second kappa shape index (κ2) is 7.46. The molecule has 0 aliphatic heterocycles. The second-order valence-electron chi connectivity index (χ2n) is 6.11. The van der Waals surface area contributed by atoms with Gasteiger partial charge in [-0.25, -0.2) is 4.79 Å². The number of carbonyl (C=O) groups is 1. The Morgan fingerprint density at radius 3 is 2.81 bits per heavy atom. The van der Waals surface area contributed by atoms with Crippen LogP contribution in [0, 0.1) is 11.8 Å². The van der Waals surface area contributed by atoms with Crippen LogP contribution in [0.4, 0.5) is 0 Å². The van der Waals surface area contributed by atoms with E-state index >= 15 is 0 Å². The Hall–Kier alpha value is -1.55. The van der Waals surface area contributed by atoms with E-state index in [0.29, 0.717) is 24.3 Å². The number of rotatable bonds is 6. The topological polar surface area (TPSA) is 58.6 Å². The molecule has 1 saturated carbocycles. The molecule has 0 radical (unpaired) electrons. The first-order chi connectivity index (χ1) is 10.1. The molecule has 1 fully saturated rings. The summed E-state index contributed by atoms with van der Waals surface area (Å²) in [6.07, 6.45) is 3.78. The Labute approximate surface area is 126 Å². The average molecular weight is 291 g/mol. The van der Waals surface area contributed by atoms with E-state index in [1.807, 2.05) is 0 Å². The molecular weight excluding hydrogens is 266 g/mol. The Kier molecular flexibility index (Phi) is 5.62. The van der Waals surface area contributed by atoms with Gasteiger partial charge in [0.2, 0.25) is 0 Å². The molecule has 0 heterocycles. The third-order valence-corrected chi connectivity index (χ3v) is 4.32. The highest BCUT2D eigenvalue weighted by Gasteiger charge is 2.24. The van der Waals surface area contributed by atoms with Crippen molar-refractivity contribution in [1.82, 2.24) is 5.32 Å². The molecule has 4 heteroatoms. The molecule has 21 heavy (non-hydrogen) atoms. The first-order valence-electron chi connectivity index (χ1n) is 7.76. The SMILES string of the molecule is CC1CCC(NCCOc2ccccc2C(=O)O)C(C)C1. The summed E-state index contributed by atoms with van der Waals surface area (Å²) >= 11 is 0. The Bertz CT molecular complexity index is 475. The quantitative estimate of drug-likeness (QED) is 0.790. The van der Waals surface area contributed by atoms with Gasteiger partial charge in [-0.05, 0) is 43.2 Å². The van der Waals surface area contributed by atoms with E-state index in [0.717, 1.165) is 12.5 Å². The van der Waals surface area contributed by atoms with Crippen LogP contribution in [0.1, 0.15) is 43.5 Å². The molecule has 4 nitrogen and oxygen atoms in total. The predicted octanol–water partition coefficient (Wildman–Crippen LogP) is 3.18. The number of ether oxygens (including phenoxy) is 1. The number of hydrogen-bond acceptors (Lipinski definition) is 3. The summed E-state index contributed by atoms with van der Waals surface area (Å²) < 4.78 is 5.60. The van der Waals surface area contributed by atoms with Gasteiger partial charge in [-0.3, -0.25) is 0 Å². The molecule has 0 bridgehead atoms. The summed E-state index contributed by atoms with van der Waals surface area (Å²) in [7, 11) is 0. The molecule has 0 saturated heterocycles. The first-order valence-corrected chi connectivity index (χ1v) is 7.76. The van der Waals surface area contributed by atoms with Crippen molar-refractivity contribution in [2.45, 2.75) is 39.2 Å². The van der Waals surface area contributed by atoms with Crippen LogP contribution in [0.3, 0.4) is 0 Å². The third kappa shape index (κ3) is 4.46. The normalized spacial score (nSPS) is 25.5. The lowest BCUT2D eigenvalue weighted by molar-refractivity contribution is 0.0692. The van der Waals surface area contributed by atoms with E-state index < -0.39 is 5.97 Å². The molecular formula is C17H25NO3. The number of aromatic carboxylic acids is 1. The molecule has 3 unspecified atom stereocenters. The van der Waals surface area contributed by atoms with Crippen LogP contribution in [-0.4, -0.2) is 30.3 Å². The van der Waals surface area contributed by atoms with E-state index in [2.05, 4.69) is 19.2 Å². The number of carboxylic acid groups (broad SMARTS) is 1. The summed E-state index contributed by atoms with van der Waals surface area (Å²) in [6, 6.07) is 7.32. The standard InChI is InChI=1S/C17H25NO3/c1-12-7-8-15(13(2)11-12)18-9-10-21-16-6-4-3-5-14(16)17(19)20/h3-6,12-13,15,18H,7-11H2,1-2H3,(H,19,20). The summed E-state index contributed by atoms with van der Waals surface area (Å²) in [5, 5.41) is 12.6. The van der Waals surface area contributed by atoms with Crippen molar-refractivity contribution >= 4 is 5.97 Å². The third-order valence-electron chi connectivity index (χ3n) is 4.32. The lowest BCUT2D eigenvalue weighted by Gasteiger charge is -2.33. The van der Waals surface area contributed by atoms with Crippen molar-refractivity contribution in [3.63, 3.8) is 0 Å². The maximum atomic E-state index is 11.1. The van der Waals surface area contributed by atoms with Crippen LogP contribution < -0.4 is 10.1 Å². The molecule has 116 valence electrons. The highest BCUT2D eigenvalue weighted by molar-refractivity contribution is 5.90. The van der Waals surface area contributed by atoms with Gasteiger partial charge in [-0.15, -0.1) is 0 Å². The maximum Gasteiger partial charge on any atom is 0.339 e. The van der Waals surface area contributed by atoms with Crippen molar-refractivity contribution in [3.8, 4) is 5.75 Å². The molecule has 3 atom stereocenters. The van der Waals surface area contributed by atoms with Gasteiger partial charge < -0.3 is 15.2 Å². The Balaban J connectivity index is 1.76. The minimum Gasteiger partial charge on any atom is -0.491 e. The van der Waals surface area contributed by atoms with Gasteiger partial charge in [0.15, 0.2) is 0 Å². The van der Waals surface area contributed by atoms with Crippen molar-refractivity contribution < 1.29 is 14.6 Å². The number of hydrogen-bond donors (Lipinski definition) is 2. The number of nitrogens with one attached hydrogen (secondary N) is 1. The first kappa shape index (κ1) is 15.8. The lowest BCUT2D eigenvalue weighted by atomic mass is 9.80. The summed E-state index contributed by atoms with van der Waals surface area (Å²) in [4.78, 5) is 11.1. The van der Waals surface area contributed by atoms with Gasteiger partial charge in [0.1, 0.15) is 17.9 Å². The van der Waals surface area contributed by atoms with Gasteiger partial charge in [-0.2, -0.15) is 0 Å². The van der Waals surface area contributed by atoms with Crippen LogP contribution >= 0.6 is 0 Å². The van der Waals surface area contributed by atoms with Crippen LogP contribution in [0.2, 0.25) is 0 Å². The highest BCUT2D eigenvalue weighted by Crippen LogP contribution is 2.28. The van der Waals surface area contributed by atoms with Gasteiger partial charge in [-0.1, -0.05) is 26.0 Å². The van der Waals surface area contributed by atoms with Crippen LogP contribution in [0.15, 0.2) is 24.3 Å². The molecule has 1 aliphatic rings. The lowest BCUT2D eigenvalue weighted by Crippen LogP contribution is -2.40. The van der Waals surface area contributed by atoms with Crippen LogP contribution in [0.25, 0.3) is 0 Å². The fourth-order valence-corrected chi connectivity index (χ4v) is 3.14. The van der Waals surface area contributed by atoms with Crippen molar-refractivity contribution in [2.75, 3.05) is 13.2 Å². The molecule has 1 aromatic carbocycles. The molecule has 0 amide bonds. The molecule has 1 aromatic rings. The van der Waals surface area contributed by atoms with Crippen molar-refractivity contribution in [2.24, 2.45) is 11.8 Å². The van der Waals surface area contributed by atoms with E-state index in [1.54, 1.807) is 24.3 Å². The number of carboxylic acids is 1. The zero-order chi connectivity index (χ0) is 15.2. The predicted molar refractivity (Wildman–Crippen MR) is 82.9 cm³/mol. The smallest absolute Gasteiger partial charge is 0.339 e. The summed E-state index contributed by atoms with van der Waals surface area (Å²) in [5.74, 6) is 1.02. The largest absolute Gasteiger partial charge is 0.491 e. The van der Waals surface area contributed by atoms with Gasteiger partial charge in [0, 0.05) is 12.6 Å². The Morgan fingerprint density at radius 1 is 1.33 bits per heavy atom. The summed E-state index contributed by atoms with van der Waals surface area (Å²) in [6.45, 7) is 5.85. The van der Waals surface area contributed by atoms with Gasteiger partial charge in [0.05, 0.1) is 0 Å².